The summed E-state index contributed by atoms with van der Waals surface area (Å²) in [7, 11) is 0. The molecular formula is C23H20IN7O. The van der Waals surface area contributed by atoms with Crippen LogP contribution < -0.4 is 16.4 Å². The van der Waals surface area contributed by atoms with Gasteiger partial charge in [0.25, 0.3) is 0 Å². The molecule has 0 saturated heterocycles. The van der Waals surface area contributed by atoms with E-state index >= 15 is 0 Å². The lowest BCUT2D eigenvalue weighted by molar-refractivity contribution is 0.100. The topological polar surface area (TPSA) is 116 Å². The number of nitrogens with zero attached hydrogens (tertiary/aromatic N) is 5. The van der Waals surface area contributed by atoms with Crippen molar-refractivity contribution in [2.75, 3.05) is 17.2 Å². The Morgan fingerprint density at radius 3 is 2.47 bits per heavy atom. The maximum Gasteiger partial charge on any atom is 0.248 e. The average Bonchev–Trinajstić information content (AvgIpc) is 3.13. The molecule has 9 heteroatoms. The lowest BCUT2D eigenvalue weighted by Gasteiger charge is -2.27. The van der Waals surface area contributed by atoms with Gasteiger partial charge in [-0.25, -0.2) is 4.98 Å². The number of amides is 1. The zero-order valence-electron chi connectivity index (χ0n) is 17.2. The second kappa shape index (κ2) is 7.90. The first-order valence-electron chi connectivity index (χ1n) is 10.0. The van der Waals surface area contributed by atoms with Gasteiger partial charge in [-0.2, -0.15) is 0 Å². The predicted octanol–water partition coefficient (Wildman–Crippen LogP) is 3.95. The number of pyridine rings is 1. The predicted molar refractivity (Wildman–Crippen MR) is 132 cm³/mol. The number of halogens is 1. The molecule has 0 bridgehead atoms. The first kappa shape index (κ1) is 20.4. The normalized spacial score (nSPS) is 15.1. The Balaban J connectivity index is 1.70. The molecule has 32 heavy (non-hydrogen) atoms. The maximum absolute atomic E-state index is 11.5. The number of nitrogen functional groups attached to an aromatic ring is 1. The maximum atomic E-state index is 11.5. The van der Waals surface area contributed by atoms with Crippen LogP contribution in [0.15, 0.2) is 60.8 Å². The van der Waals surface area contributed by atoms with Crippen molar-refractivity contribution in [3.8, 4) is 16.8 Å². The van der Waals surface area contributed by atoms with Gasteiger partial charge in [-0.1, -0.05) is 28.7 Å². The lowest BCUT2D eigenvalue weighted by Crippen LogP contribution is -2.21. The van der Waals surface area contributed by atoms with Crippen LogP contribution in [0, 0.1) is 6.92 Å². The second-order valence-electron chi connectivity index (χ2n) is 7.61. The number of benzene rings is 2. The molecule has 160 valence electrons. The van der Waals surface area contributed by atoms with E-state index in [4.69, 9.17) is 11.5 Å². The number of aryl methyl sites for hydroxylation is 1. The van der Waals surface area contributed by atoms with Gasteiger partial charge in [0.1, 0.15) is 11.6 Å². The summed E-state index contributed by atoms with van der Waals surface area (Å²) in [5.41, 5.74) is 16.6. The molecule has 0 radical (unpaired) electrons. The Bertz CT molecular complexity index is 1320. The molecule has 3 heterocycles. The fourth-order valence-corrected chi connectivity index (χ4v) is 4.75. The van der Waals surface area contributed by atoms with E-state index in [0.29, 0.717) is 17.9 Å². The number of carbonyl (C=O) groups excluding carboxylic acids is 1. The van der Waals surface area contributed by atoms with Gasteiger partial charge in [-0.3, -0.25) is 9.36 Å². The molecule has 0 unspecified atom stereocenters. The summed E-state index contributed by atoms with van der Waals surface area (Å²) in [6.07, 6.45) is 1.77. The molecule has 1 amide bonds. The summed E-state index contributed by atoms with van der Waals surface area (Å²) in [6.45, 7) is 2.64. The molecule has 8 nitrogen and oxygen atoms in total. The molecule has 0 aliphatic carbocycles. The third-order valence-corrected chi connectivity index (χ3v) is 6.51. The zero-order chi connectivity index (χ0) is 22.4. The SMILES string of the molecule is Cc1nnc2n1-c1ccc(-c3ccc(N)nc3)cc1N(c1ccc(C(N)=O)cc1)C[C@H]2I. The van der Waals surface area contributed by atoms with E-state index in [-0.39, 0.29) is 3.92 Å². The van der Waals surface area contributed by atoms with Crippen LogP contribution in [0.1, 0.15) is 25.9 Å². The van der Waals surface area contributed by atoms with E-state index in [1.54, 1.807) is 24.4 Å². The van der Waals surface area contributed by atoms with Gasteiger partial charge in [0.15, 0.2) is 5.82 Å². The van der Waals surface area contributed by atoms with Crippen LogP contribution in [0.2, 0.25) is 0 Å². The van der Waals surface area contributed by atoms with Crippen molar-refractivity contribution < 1.29 is 4.79 Å². The van der Waals surface area contributed by atoms with Gasteiger partial charge in [0, 0.05) is 29.6 Å². The fraction of sp³-hybridized carbons (Fsp3) is 0.130. The van der Waals surface area contributed by atoms with Crippen LogP contribution in [0.3, 0.4) is 0 Å². The third kappa shape index (κ3) is 3.48. The van der Waals surface area contributed by atoms with Crippen molar-refractivity contribution in [2.45, 2.75) is 10.8 Å². The quantitative estimate of drug-likeness (QED) is 0.302. The number of carbonyl (C=O) groups is 1. The number of rotatable bonds is 3. The van der Waals surface area contributed by atoms with Gasteiger partial charge in [-0.15, -0.1) is 10.2 Å². The van der Waals surface area contributed by atoms with Crippen molar-refractivity contribution in [1.82, 2.24) is 19.7 Å². The largest absolute Gasteiger partial charge is 0.384 e. The summed E-state index contributed by atoms with van der Waals surface area (Å²) in [5, 5.41) is 8.77. The smallest absolute Gasteiger partial charge is 0.248 e. The molecule has 2 aromatic carbocycles. The summed E-state index contributed by atoms with van der Waals surface area (Å²) >= 11 is 2.40. The molecule has 4 N–H and O–H groups in total. The van der Waals surface area contributed by atoms with Crippen molar-refractivity contribution in [3.05, 3.63) is 78.0 Å². The van der Waals surface area contributed by atoms with Crippen molar-refractivity contribution >= 4 is 45.7 Å². The molecular weight excluding hydrogens is 517 g/mol. The van der Waals surface area contributed by atoms with E-state index in [2.05, 4.69) is 65.4 Å². The lowest BCUT2D eigenvalue weighted by atomic mass is 10.0. The highest BCUT2D eigenvalue weighted by Crippen LogP contribution is 2.42. The molecule has 4 aromatic rings. The number of fused-ring (bicyclic) bond motifs is 3. The Kier molecular flexibility index (Phi) is 5.04. The highest BCUT2D eigenvalue weighted by Gasteiger charge is 2.29. The van der Waals surface area contributed by atoms with Crippen LogP contribution >= 0.6 is 22.6 Å². The number of alkyl halides is 1. The molecule has 1 atom stereocenters. The van der Waals surface area contributed by atoms with E-state index in [0.717, 1.165) is 39.8 Å². The monoisotopic (exact) mass is 537 g/mol. The second-order valence-corrected chi connectivity index (χ2v) is 9.11. The van der Waals surface area contributed by atoms with Crippen molar-refractivity contribution in [3.63, 3.8) is 0 Å². The van der Waals surface area contributed by atoms with E-state index in [1.807, 2.05) is 25.1 Å². The number of anilines is 3. The minimum atomic E-state index is -0.445. The van der Waals surface area contributed by atoms with E-state index in [1.165, 1.54) is 0 Å². The molecule has 1 aliphatic rings. The molecule has 0 fully saturated rings. The molecule has 0 spiro atoms. The number of hydrogen-bond acceptors (Lipinski definition) is 6. The van der Waals surface area contributed by atoms with Crippen LogP contribution in [0.5, 0.6) is 0 Å². The zero-order valence-corrected chi connectivity index (χ0v) is 19.4. The average molecular weight is 537 g/mol. The summed E-state index contributed by atoms with van der Waals surface area (Å²) in [4.78, 5) is 18.0. The summed E-state index contributed by atoms with van der Waals surface area (Å²) < 4.78 is 2.20. The fourth-order valence-electron chi connectivity index (χ4n) is 3.95. The number of primary amides is 1. The number of aromatic nitrogens is 4. The van der Waals surface area contributed by atoms with Gasteiger partial charge in [-0.05, 0) is 61.0 Å². The van der Waals surface area contributed by atoms with Crippen LogP contribution in [-0.2, 0) is 0 Å². The van der Waals surface area contributed by atoms with Gasteiger partial charge >= 0.3 is 0 Å². The standard InChI is InChI=1S/C23H20IN7O/c1-13-28-29-23-18(24)12-30(17-6-2-14(3-7-17)22(26)32)20-10-15(4-8-19(20)31(13)23)16-5-9-21(25)27-11-16/h2-11,18H,12H2,1H3,(H2,25,27)(H2,26,32)/t18-/m1/s1. The van der Waals surface area contributed by atoms with Crippen molar-refractivity contribution in [1.29, 1.82) is 0 Å². The molecule has 2 aromatic heterocycles. The van der Waals surface area contributed by atoms with Crippen LogP contribution in [0.4, 0.5) is 17.2 Å². The number of hydrogen-bond donors (Lipinski definition) is 2. The number of nitrogens with two attached hydrogens (primary N) is 2. The Labute approximate surface area is 198 Å². The third-order valence-electron chi connectivity index (χ3n) is 5.56. The highest BCUT2D eigenvalue weighted by atomic mass is 127. The Morgan fingerprint density at radius 1 is 1.03 bits per heavy atom. The minimum absolute atomic E-state index is 0.0960. The van der Waals surface area contributed by atoms with Crippen molar-refractivity contribution in [2.24, 2.45) is 5.73 Å². The van der Waals surface area contributed by atoms with E-state index < -0.39 is 5.91 Å². The summed E-state index contributed by atoms with van der Waals surface area (Å²) in [5.74, 6) is 1.77. The highest BCUT2D eigenvalue weighted by molar-refractivity contribution is 14.1. The first-order valence-corrected chi connectivity index (χ1v) is 11.3. The summed E-state index contributed by atoms with van der Waals surface area (Å²) in [6, 6.07) is 17.4. The van der Waals surface area contributed by atoms with Gasteiger partial charge < -0.3 is 16.4 Å². The molecule has 1 aliphatic heterocycles. The first-order chi connectivity index (χ1) is 15.4. The van der Waals surface area contributed by atoms with Crippen LogP contribution in [0.25, 0.3) is 16.8 Å². The van der Waals surface area contributed by atoms with E-state index in [9.17, 15) is 4.79 Å². The molecule has 0 saturated carbocycles. The Hall–Kier alpha value is -3.47. The van der Waals surface area contributed by atoms with Crippen LogP contribution in [-0.4, -0.2) is 32.2 Å². The van der Waals surface area contributed by atoms with Gasteiger partial charge in [0.2, 0.25) is 5.91 Å². The molecule has 5 rings (SSSR count). The van der Waals surface area contributed by atoms with Gasteiger partial charge in [0.05, 0.1) is 15.3 Å². The Morgan fingerprint density at radius 2 is 1.78 bits per heavy atom. The minimum Gasteiger partial charge on any atom is -0.384 e.